The average Bonchev–Trinajstić information content (AvgIpc) is 2.68. The molecule has 0 spiro atoms. The SMILES string of the molecule is Cc1ccc(C(=O)N(CCc2ccc(Cl)cc2Cl)Cc2ccc(Cl)cc2)cc1. The van der Waals surface area contributed by atoms with Crippen molar-refractivity contribution in [3.63, 3.8) is 0 Å². The number of hydrogen-bond donors (Lipinski definition) is 0. The first-order valence-corrected chi connectivity index (χ1v) is 10.1. The predicted octanol–water partition coefficient (Wildman–Crippen LogP) is 6.84. The zero-order valence-electron chi connectivity index (χ0n) is 15.5. The van der Waals surface area contributed by atoms with E-state index in [1.54, 1.807) is 6.07 Å². The van der Waals surface area contributed by atoms with Gasteiger partial charge >= 0.3 is 0 Å². The number of benzene rings is 3. The monoisotopic (exact) mass is 431 g/mol. The van der Waals surface area contributed by atoms with Crippen molar-refractivity contribution in [1.82, 2.24) is 4.90 Å². The number of amides is 1. The average molecular weight is 433 g/mol. The molecule has 0 aliphatic carbocycles. The van der Waals surface area contributed by atoms with Crippen LogP contribution in [0.5, 0.6) is 0 Å². The van der Waals surface area contributed by atoms with E-state index in [0.717, 1.165) is 16.7 Å². The molecule has 0 heterocycles. The van der Waals surface area contributed by atoms with Crippen molar-refractivity contribution in [1.29, 1.82) is 0 Å². The van der Waals surface area contributed by atoms with Gasteiger partial charge in [-0.15, -0.1) is 0 Å². The van der Waals surface area contributed by atoms with Crippen LogP contribution in [-0.4, -0.2) is 17.4 Å². The molecule has 0 aromatic heterocycles. The summed E-state index contributed by atoms with van der Waals surface area (Å²) in [5.41, 5.74) is 3.77. The van der Waals surface area contributed by atoms with Crippen molar-refractivity contribution in [2.45, 2.75) is 19.9 Å². The van der Waals surface area contributed by atoms with Gasteiger partial charge in [0.05, 0.1) is 0 Å². The van der Waals surface area contributed by atoms with Crippen LogP contribution in [0.3, 0.4) is 0 Å². The second-order valence-corrected chi connectivity index (χ2v) is 7.99. The van der Waals surface area contributed by atoms with E-state index in [1.165, 1.54) is 0 Å². The minimum Gasteiger partial charge on any atom is -0.334 e. The third kappa shape index (κ3) is 5.51. The van der Waals surface area contributed by atoms with E-state index in [-0.39, 0.29) is 5.91 Å². The van der Waals surface area contributed by atoms with Gasteiger partial charge in [-0.3, -0.25) is 4.79 Å². The maximum Gasteiger partial charge on any atom is 0.254 e. The summed E-state index contributed by atoms with van der Waals surface area (Å²) in [7, 11) is 0. The Morgan fingerprint density at radius 1 is 0.857 bits per heavy atom. The first-order chi connectivity index (χ1) is 13.4. The van der Waals surface area contributed by atoms with Crippen molar-refractivity contribution in [2.24, 2.45) is 0 Å². The van der Waals surface area contributed by atoms with Gasteiger partial charge in [0.1, 0.15) is 0 Å². The summed E-state index contributed by atoms with van der Waals surface area (Å²) in [5.74, 6) is -0.0139. The zero-order valence-corrected chi connectivity index (χ0v) is 17.7. The largest absolute Gasteiger partial charge is 0.334 e. The smallest absolute Gasteiger partial charge is 0.254 e. The summed E-state index contributed by atoms with van der Waals surface area (Å²) >= 11 is 18.3. The summed E-state index contributed by atoms with van der Waals surface area (Å²) < 4.78 is 0. The van der Waals surface area contributed by atoms with Gasteiger partial charge in [0.25, 0.3) is 5.91 Å². The van der Waals surface area contributed by atoms with Crippen LogP contribution < -0.4 is 0 Å². The molecule has 0 unspecified atom stereocenters. The molecule has 0 radical (unpaired) electrons. The van der Waals surface area contributed by atoms with E-state index in [1.807, 2.05) is 72.5 Å². The van der Waals surface area contributed by atoms with Gasteiger partial charge in [-0.1, -0.05) is 70.7 Å². The quantitative estimate of drug-likeness (QED) is 0.417. The predicted molar refractivity (Wildman–Crippen MR) is 118 cm³/mol. The third-order valence-corrected chi connectivity index (χ3v) is 5.38. The summed E-state index contributed by atoms with van der Waals surface area (Å²) in [6.45, 7) is 3.04. The highest BCUT2D eigenvalue weighted by atomic mass is 35.5. The van der Waals surface area contributed by atoms with Gasteiger partial charge < -0.3 is 4.90 Å². The maximum atomic E-state index is 13.1. The minimum atomic E-state index is -0.0139. The Morgan fingerprint density at radius 2 is 1.50 bits per heavy atom. The van der Waals surface area contributed by atoms with Gasteiger partial charge in [-0.25, -0.2) is 0 Å². The number of hydrogen-bond acceptors (Lipinski definition) is 1. The lowest BCUT2D eigenvalue weighted by Gasteiger charge is -2.23. The van der Waals surface area contributed by atoms with E-state index < -0.39 is 0 Å². The van der Waals surface area contributed by atoms with Gasteiger partial charge in [0.2, 0.25) is 0 Å². The van der Waals surface area contributed by atoms with E-state index in [0.29, 0.717) is 40.1 Å². The number of carbonyl (C=O) groups is 1. The lowest BCUT2D eigenvalue weighted by atomic mass is 10.1. The van der Waals surface area contributed by atoms with Crippen LogP contribution in [0.15, 0.2) is 66.7 Å². The van der Waals surface area contributed by atoms with Crippen molar-refractivity contribution in [3.05, 3.63) is 104 Å². The van der Waals surface area contributed by atoms with Crippen molar-refractivity contribution < 1.29 is 4.79 Å². The zero-order chi connectivity index (χ0) is 20.1. The Hall–Kier alpha value is -2.00. The Morgan fingerprint density at radius 3 is 2.14 bits per heavy atom. The third-order valence-electron chi connectivity index (χ3n) is 4.54. The van der Waals surface area contributed by atoms with Crippen molar-refractivity contribution in [3.8, 4) is 0 Å². The van der Waals surface area contributed by atoms with Crippen LogP contribution in [0, 0.1) is 6.92 Å². The molecular formula is C23H20Cl3NO. The molecule has 0 saturated heterocycles. The number of halogens is 3. The number of carbonyl (C=O) groups excluding carboxylic acids is 1. The second-order valence-electron chi connectivity index (χ2n) is 6.70. The molecule has 0 bridgehead atoms. The summed E-state index contributed by atoms with van der Waals surface area (Å²) in [5, 5.41) is 1.89. The van der Waals surface area contributed by atoms with Crippen molar-refractivity contribution >= 4 is 40.7 Å². The molecule has 5 heteroatoms. The topological polar surface area (TPSA) is 20.3 Å². The van der Waals surface area contributed by atoms with Crippen molar-refractivity contribution in [2.75, 3.05) is 6.54 Å². The first-order valence-electron chi connectivity index (χ1n) is 8.97. The first kappa shape index (κ1) is 20.7. The fourth-order valence-corrected chi connectivity index (χ4v) is 3.55. The minimum absolute atomic E-state index is 0.0139. The molecule has 0 aliphatic heterocycles. The highest BCUT2D eigenvalue weighted by Gasteiger charge is 2.17. The molecule has 0 saturated carbocycles. The summed E-state index contributed by atoms with van der Waals surface area (Å²) in [4.78, 5) is 15.0. The maximum absolute atomic E-state index is 13.1. The lowest BCUT2D eigenvalue weighted by molar-refractivity contribution is 0.0745. The molecule has 0 N–H and O–H groups in total. The van der Waals surface area contributed by atoms with Crippen LogP contribution in [0.25, 0.3) is 0 Å². The molecule has 3 rings (SSSR count). The fourth-order valence-electron chi connectivity index (χ4n) is 2.92. The second kappa shape index (κ2) is 9.47. The molecular weight excluding hydrogens is 413 g/mol. The van der Waals surface area contributed by atoms with E-state index >= 15 is 0 Å². The van der Waals surface area contributed by atoms with Crippen LogP contribution in [0.4, 0.5) is 0 Å². The van der Waals surface area contributed by atoms with Crippen LogP contribution >= 0.6 is 34.8 Å². The molecule has 0 atom stereocenters. The molecule has 0 fully saturated rings. The summed E-state index contributed by atoms with van der Waals surface area (Å²) in [6.07, 6.45) is 0.640. The Labute approximate surface area is 180 Å². The summed E-state index contributed by atoms with van der Waals surface area (Å²) in [6, 6.07) is 20.6. The van der Waals surface area contributed by atoms with Gasteiger partial charge in [-0.2, -0.15) is 0 Å². The van der Waals surface area contributed by atoms with Gasteiger partial charge in [0.15, 0.2) is 0 Å². The Kier molecular flexibility index (Phi) is 7.01. The molecule has 3 aromatic carbocycles. The molecule has 2 nitrogen and oxygen atoms in total. The van der Waals surface area contributed by atoms with Crippen LogP contribution in [-0.2, 0) is 13.0 Å². The van der Waals surface area contributed by atoms with E-state index in [9.17, 15) is 4.79 Å². The van der Waals surface area contributed by atoms with Gasteiger partial charge in [0, 0.05) is 33.7 Å². The fraction of sp³-hybridized carbons (Fsp3) is 0.174. The van der Waals surface area contributed by atoms with E-state index in [4.69, 9.17) is 34.8 Å². The molecule has 0 aliphatic rings. The van der Waals surface area contributed by atoms with Crippen LogP contribution in [0.1, 0.15) is 27.0 Å². The van der Waals surface area contributed by atoms with Crippen LogP contribution in [0.2, 0.25) is 15.1 Å². The number of aryl methyl sites for hydroxylation is 1. The normalized spacial score (nSPS) is 10.7. The molecule has 144 valence electrons. The Bertz CT molecular complexity index is 953. The number of nitrogens with zero attached hydrogens (tertiary/aromatic N) is 1. The molecule has 3 aromatic rings. The molecule has 1 amide bonds. The Balaban J connectivity index is 1.81. The van der Waals surface area contributed by atoms with E-state index in [2.05, 4.69) is 0 Å². The van der Waals surface area contributed by atoms with Gasteiger partial charge in [-0.05, 0) is 60.9 Å². The molecule has 28 heavy (non-hydrogen) atoms. The standard InChI is InChI=1S/C23H20Cl3NO/c1-16-2-6-19(7-3-16)23(28)27(15-17-4-9-20(24)10-5-17)13-12-18-8-11-21(25)14-22(18)26/h2-11,14H,12-13,15H2,1H3. The number of rotatable bonds is 6. The highest BCUT2D eigenvalue weighted by molar-refractivity contribution is 6.35. The lowest BCUT2D eigenvalue weighted by Crippen LogP contribution is -2.32. The highest BCUT2D eigenvalue weighted by Crippen LogP contribution is 2.22.